The second-order valence-corrected chi connectivity index (χ2v) is 5.92. The van der Waals surface area contributed by atoms with Gasteiger partial charge in [0.15, 0.2) is 6.61 Å². The Morgan fingerprint density at radius 1 is 0.778 bits per heavy atom. The van der Waals surface area contributed by atoms with Crippen molar-refractivity contribution in [1.29, 1.82) is 0 Å². The van der Waals surface area contributed by atoms with Crippen molar-refractivity contribution < 1.29 is 22.6 Å². The molecule has 2 N–H and O–H groups in total. The van der Waals surface area contributed by atoms with E-state index in [1.165, 1.54) is 12.1 Å². The normalized spacial score (nSPS) is 11.2. The van der Waals surface area contributed by atoms with E-state index < -0.39 is 12.8 Å². The minimum Gasteiger partial charge on any atom is -0.488 e. The molecule has 3 nitrogen and oxygen atoms in total. The van der Waals surface area contributed by atoms with Crippen molar-refractivity contribution in [2.45, 2.75) is 12.8 Å². The summed E-state index contributed by atoms with van der Waals surface area (Å²) in [6, 6.07) is 21.6. The van der Waals surface area contributed by atoms with Gasteiger partial charge in [-0.2, -0.15) is 13.2 Å². The molecule has 27 heavy (non-hydrogen) atoms. The minimum absolute atomic E-state index is 0.0660. The van der Waals surface area contributed by atoms with E-state index in [-0.39, 0.29) is 5.75 Å². The van der Waals surface area contributed by atoms with Gasteiger partial charge in [0.1, 0.15) is 18.1 Å². The lowest BCUT2D eigenvalue weighted by Gasteiger charge is -2.15. The Balaban J connectivity index is 1.80. The fourth-order valence-electron chi connectivity index (χ4n) is 2.59. The third-order valence-electron chi connectivity index (χ3n) is 3.84. The minimum atomic E-state index is -4.40. The van der Waals surface area contributed by atoms with Crippen molar-refractivity contribution >= 4 is 5.69 Å². The second-order valence-electron chi connectivity index (χ2n) is 5.92. The summed E-state index contributed by atoms with van der Waals surface area (Å²) in [5.41, 5.74) is 8.81. The van der Waals surface area contributed by atoms with Crippen LogP contribution in [0, 0.1) is 0 Å². The molecule has 0 saturated carbocycles. The van der Waals surface area contributed by atoms with Crippen LogP contribution in [0.4, 0.5) is 18.9 Å². The molecule has 0 aliphatic rings. The Morgan fingerprint density at radius 3 is 2.19 bits per heavy atom. The van der Waals surface area contributed by atoms with Crippen molar-refractivity contribution in [2.24, 2.45) is 0 Å². The van der Waals surface area contributed by atoms with Crippen LogP contribution in [0.15, 0.2) is 72.8 Å². The summed E-state index contributed by atoms with van der Waals surface area (Å²) in [5, 5.41) is 0. The van der Waals surface area contributed by atoms with E-state index in [0.717, 1.165) is 11.1 Å². The number of nitrogens with two attached hydrogens (primary N) is 1. The first-order chi connectivity index (χ1) is 12.9. The molecule has 0 bridgehead atoms. The maximum absolute atomic E-state index is 12.3. The number of alkyl halides is 3. The SMILES string of the molecule is Nc1cc(OCC(F)(F)F)ccc1-c1ccccc1OCc1ccccc1. The molecule has 3 aromatic carbocycles. The van der Waals surface area contributed by atoms with Gasteiger partial charge < -0.3 is 15.2 Å². The Kier molecular flexibility index (Phi) is 5.54. The number of para-hydroxylation sites is 1. The summed E-state index contributed by atoms with van der Waals surface area (Å²) in [6.07, 6.45) is -4.40. The first kappa shape index (κ1) is 18.6. The lowest BCUT2D eigenvalue weighted by molar-refractivity contribution is -0.153. The van der Waals surface area contributed by atoms with Gasteiger partial charge in [0, 0.05) is 22.9 Å². The maximum Gasteiger partial charge on any atom is 0.422 e. The summed E-state index contributed by atoms with van der Waals surface area (Å²) in [7, 11) is 0. The zero-order chi connectivity index (χ0) is 19.3. The Bertz CT molecular complexity index is 895. The molecule has 0 unspecified atom stereocenters. The van der Waals surface area contributed by atoms with E-state index in [4.69, 9.17) is 15.2 Å². The number of benzene rings is 3. The third-order valence-corrected chi connectivity index (χ3v) is 3.84. The maximum atomic E-state index is 12.3. The number of rotatable bonds is 6. The van der Waals surface area contributed by atoms with E-state index in [9.17, 15) is 13.2 Å². The molecule has 0 amide bonds. The smallest absolute Gasteiger partial charge is 0.422 e. The van der Waals surface area contributed by atoms with Crippen LogP contribution < -0.4 is 15.2 Å². The Labute approximate surface area is 155 Å². The fraction of sp³-hybridized carbons (Fsp3) is 0.143. The van der Waals surface area contributed by atoms with Crippen molar-refractivity contribution in [3.63, 3.8) is 0 Å². The highest BCUT2D eigenvalue weighted by Crippen LogP contribution is 2.36. The van der Waals surface area contributed by atoms with Crippen LogP contribution in [0.2, 0.25) is 0 Å². The Morgan fingerprint density at radius 2 is 1.48 bits per heavy atom. The zero-order valence-corrected chi connectivity index (χ0v) is 14.4. The van der Waals surface area contributed by atoms with Crippen LogP contribution in [0.25, 0.3) is 11.1 Å². The first-order valence-corrected chi connectivity index (χ1v) is 8.27. The van der Waals surface area contributed by atoms with Gasteiger partial charge in [0.25, 0.3) is 0 Å². The van der Waals surface area contributed by atoms with E-state index in [2.05, 4.69) is 0 Å². The molecule has 0 fully saturated rings. The van der Waals surface area contributed by atoms with Gasteiger partial charge in [0.2, 0.25) is 0 Å². The summed E-state index contributed by atoms with van der Waals surface area (Å²) >= 11 is 0. The lowest BCUT2D eigenvalue weighted by atomic mass is 10.0. The van der Waals surface area contributed by atoms with Gasteiger partial charge in [0.05, 0.1) is 0 Å². The number of hydrogen-bond acceptors (Lipinski definition) is 3. The van der Waals surface area contributed by atoms with Gasteiger partial charge >= 0.3 is 6.18 Å². The van der Waals surface area contributed by atoms with Crippen molar-refractivity contribution in [2.75, 3.05) is 12.3 Å². The molecule has 6 heteroatoms. The molecule has 0 aromatic heterocycles. The molecule has 140 valence electrons. The van der Waals surface area contributed by atoms with Crippen molar-refractivity contribution in [3.05, 3.63) is 78.4 Å². The average Bonchev–Trinajstić information content (AvgIpc) is 2.65. The standard InChI is InChI=1S/C21H18F3NO2/c22-21(23,24)14-27-16-10-11-17(19(25)12-16)18-8-4-5-9-20(18)26-13-15-6-2-1-3-7-15/h1-12H,13-14,25H2. The monoisotopic (exact) mass is 373 g/mol. The summed E-state index contributed by atoms with van der Waals surface area (Å²) in [4.78, 5) is 0. The number of nitrogen functional groups attached to an aromatic ring is 1. The topological polar surface area (TPSA) is 44.5 Å². The lowest BCUT2D eigenvalue weighted by Crippen LogP contribution is -2.19. The highest BCUT2D eigenvalue weighted by molar-refractivity contribution is 5.81. The van der Waals surface area contributed by atoms with Crippen LogP contribution in [0.3, 0.4) is 0 Å². The van der Waals surface area contributed by atoms with Crippen LogP contribution in [0.1, 0.15) is 5.56 Å². The molecule has 0 radical (unpaired) electrons. The number of ether oxygens (including phenoxy) is 2. The quantitative estimate of drug-likeness (QED) is 0.584. The van der Waals surface area contributed by atoms with Crippen LogP contribution in [-0.2, 0) is 6.61 Å². The summed E-state index contributed by atoms with van der Waals surface area (Å²) < 4.78 is 47.5. The largest absolute Gasteiger partial charge is 0.488 e. The average molecular weight is 373 g/mol. The molecule has 0 aliphatic carbocycles. The summed E-state index contributed by atoms with van der Waals surface area (Å²) in [5.74, 6) is 0.702. The predicted molar refractivity (Wildman–Crippen MR) is 98.6 cm³/mol. The highest BCUT2D eigenvalue weighted by Gasteiger charge is 2.28. The van der Waals surface area contributed by atoms with Gasteiger partial charge in [-0.15, -0.1) is 0 Å². The zero-order valence-electron chi connectivity index (χ0n) is 14.4. The molecular formula is C21H18F3NO2. The van der Waals surface area contributed by atoms with E-state index in [1.54, 1.807) is 6.07 Å². The van der Waals surface area contributed by atoms with Crippen LogP contribution >= 0.6 is 0 Å². The highest BCUT2D eigenvalue weighted by atomic mass is 19.4. The predicted octanol–water partition coefficient (Wildman–Crippen LogP) is 5.46. The molecular weight excluding hydrogens is 355 g/mol. The molecule has 0 spiro atoms. The van der Waals surface area contributed by atoms with Crippen LogP contribution in [-0.4, -0.2) is 12.8 Å². The summed E-state index contributed by atoms with van der Waals surface area (Å²) in [6.45, 7) is -0.965. The molecule has 3 rings (SSSR count). The molecule has 0 saturated heterocycles. The van der Waals surface area contributed by atoms with Crippen molar-refractivity contribution in [3.8, 4) is 22.6 Å². The van der Waals surface area contributed by atoms with Crippen molar-refractivity contribution in [1.82, 2.24) is 0 Å². The van der Waals surface area contributed by atoms with Gasteiger partial charge in [-0.3, -0.25) is 0 Å². The van der Waals surface area contributed by atoms with E-state index >= 15 is 0 Å². The third kappa shape index (κ3) is 5.17. The molecule has 0 heterocycles. The Hall–Kier alpha value is -3.15. The van der Waals surface area contributed by atoms with Gasteiger partial charge in [-0.1, -0.05) is 48.5 Å². The van der Waals surface area contributed by atoms with E-state index in [1.807, 2.05) is 54.6 Å². The fourth-order valence-corrected chi connectivity index (χ4v) is 2.59. The molecule has 0 atom stereocenters. The number of anilines is 1. The second kappa shape index (κ2) is 8.03. The molecule has 0 aliphatic heterocycles. The van der Waals surface area contributed by atoms with Crippen LogP contribution in [0.5, 0.6) is 11.5 Å². The van der Waals surface area contributed by atoms with Gasteiger partial charge in [-0.05, 0) is 23.8 Å². The first-order valence-electron chi connectivity index (χ1n) is 8.27. The number of hydrogen-bond donors (Lipinski definition) is 1. The van der Waals surface area contributed by atoms with E-state index in [0.29, 0.717) is 23.6 Å². The molecule has 3 aromatic rings. The van der Waals surface area contributed by atoms with Gasteiger partial charge in [-0.25, -0.2) is 0 Å². The number of halogens is 3.